The first kappa shape index (κ1) is 16.8. The number of carbonyl (C=O) groups excluding carboxylic acids is 1. The molecule has 0 aromatic heterocycles. The van der Waals surface area contributed by atoms with Crippen LogP contribution in [0.3, 0.4) is 0 Å². The topological polar surface area (TPSA) is 29.1 Å². The van der Waals surface area contributed by atoms with Crippen LogP contribution in [-0.2, 0) is 4.79 Å². The summed E-state index contributed by atoms with van der Waals surface area (Å²) in [4.78, 5) is 11.8. The van der Waals surface area contributed by atoms with Crippen LogP contribution in [0, 0.1) is 0 Å². The van der Waals surface area contributed by atoms with E-state index in [-0.39, 0.29) is 5.91 Å². The van der Waals surface area contributed by atoms with Crippen LogP contribution in [-0.4, -0.2) is 23.0 Å². The number of thioether (sulfide) groups is 1. The molecule has 0 saturated heterocycles. The van der Waals surface area contributed by atoms with Gasteiger partial charge in [0.05, 0.1) is 5.75 Å². The third-order valence-electron chi connectivity index (χ3n) is 3.01. The first-order valence-corrected chi connectivity index (χ1v) is 8.13. The Bertz CT molecular complexity index is 197. The van der Waals surface area contributed by atoms with Crippen molar-refractivity contribution in [3.05, 3.63) is 0 Å². The van der Waals surface area contributed by atoms with Gasteiger partial charge in [-0.3, -0.25) is 4.79 Å². The Morgan fingerprint density at radius 1 is 1.06 bits per heavy atom. The predicted molar refractivity (Wildman–Crippen MR) is 78.6 cm³/mol. The molecular formula is C14H29NOS. The third kappa shape index (κ3) is 8.53. The minimum Gasteiger partial charge on any atom is -0.353 e. The average Bonchev–Trinajstić information content (AvgIpc) is 2.33. The van der Waals surface area contributed by atoms with Crippen LogP contribution in [0.15, 0.2) is 0 Å². The Morgan fingerprint density at radius 3 is 2.18 bits per heavy atom. The van der Waals surface area contributed by atoms with Crippen molar-refractivity contribution in [2.75, 3.05) is 5.75 Å². The average molecular weight is 259 g/mol. The summed E-state index contributed by atoms with van der Waals surface area (Å²) >= 11 is 1.81. The fourth-order valence-corrected chi connectivity index (χ4v) is 3.03. The molecule has 0 rings (SSSR count). The summed E-state index contributed by atoms with van der Waals surface area (Å²) in [6, 6.07) is 0.374. The summed E-state index contributed by atoms with van der Waals surface area (Å²) in [6.07, 6.45) is 6.87. The molecule has 0 spiro atoms. The van der Waals surface area contributed by atoms with Gasteiger partial charge in [0, 0.05) is 11.3 Å². The van der Waals surface area contributed by atoms with Crippen molar-refractivity contribution >= 4 is 17.7 Å². The van der Waals surface area contributed by atoms with Gasteiger partial charge in [-0.2, -0.15) is 0 Å². The van der Waals surface area contributed by atoms with Crippen LogP contribution in [0.2, 0.25) is 0 Å². The van der Waals surface area contributed by atoms with E-state index in [0.29, 0.717) is 17.0 Å². The van der Waals surface area contributed by atoms with E-state index in [1.165, 1.54) is 12.8 Å². The van der Waals surface area contributed by atoms with Gasteiger partial charge in [-0.15, -0.1) is 11.8 Å². The molecule has 0 fully saturated rings. The lowest BCUT2D eigenvalue weighted by Gasteiger charge is -2.17. The van der Waals surface area contributed by atoms with Gasteiger partial charge in [-0.1, -0.05) is 40.5 Å². The second kappa shape index (κ2) is 10.9. The molecule has 3 heteroatoms. The lowest BCUT2D eigenvalue weighted by molar-refractivity contribution is -0.119. The number of amides is 1. The minimum absolute atomic E-state index is 0.213. The van der Waals surface area contributed by atoms with Crippen LogP contribution < -0.4 is 5.32 Å². The van der Waals surface area contributed by atoms with Gasteiger partial charge < -0.3 is 5.32 Å². The Balaban J connectivity index is 3.83. The molecule has 2 unspecified atom stereocenters. The summed E-state index contributed by atoms with van der Waals surface area (Å²) in [5.74, 6) is 0.837. The Morgan fingerprint density at radius 2 is 1.71 bits per heavy atom. The molecule has 0 saturated carbocycles. The molecule has 0 aliphatic rings. The summed E-state index contributed by atoms with van der Waals surface area (Å²) in [7, 11) is 0. The molecule has 0 bridgehead atoms. The molecule has 0 radical (unpaired) electrons. The zero-order valence-corrected chi connectivity index (χ0v) is 12.7. The number of hydrogen-bond acceptors (Lipinski definition) is 2. The number of rotatable bonds is 10. The van der Waals surface area contributed by atoms with Crippen molar-refractivity contribution in [3.63, 3.8) is 0 Å². The van der Waals surface area contributed by atoms with E-state index in [9.17, 15) is 4.79 Å². The highest BCUT2D eigenvalue weighted by Crippen LogP contribution is 2.19. The van der Waals surface area contributed by atoms with E-state index in [0.717, 1.165) is 25.7 Å². The Labute approximate surface area is 111 Å². The number of hydrogen-bond donors (Lipinski definition) is 1. The standard InChI is InChI=1S/C14H29NOS/c1-5-9-12(7-3)15-14(16)11-17-13(8-4)10-6-2/h12-13H,5-11H2,1-4H3,(H,15,16). The monoisotopic (exact) mass is 259 g/mol. The van der Waals surface area contributed by atoms with Crippen molar-refractivity contribution in [1.82, 2.24) is 5.32 Å². The second-order valence-electron chi connectivity index (χ2n) is 4.59. The zero-order chi connectivity index (χ0) is 13.1. The van der Waals surface area contributed by atoms with Crippen LogP contribution in [0.5, 0.6) is 0 Å². The van der Waals surface area contributed by atoms with Crippen molar-refractivity contribution < 1.29 is 4.79 Å². The Hall–Kier alpha value is -0.180. The van der Waals surface area contributed by atoms with Crippen molar-refractivity contribution in [1.29, 1.82) is 0 Å². The molecular weight excluding hydrogens is 230 g/mol. The number of nitrogens with one attached hydrogen (secondary N) is 1. The van der Waals surface area contributed by atoms with Crippen LogP contribution >= 0.6 is 11.8 Å². The summed E-state index contributed by atoms with van der Waals surface area (Å²) in [5, 5.41) is 3.78. The van der Waals surface area contributed by atoms with E-state index in [1.807, 2.05) is 11.8 Å². The number of carbonyl (C=O) groups is 1. The van der Waals surface area contributed by atoms with Crippen molar-refractivity contribution in [2.45, 2.75) is 77.5 Å². The van der Waals surface area contributed by atoms with Gasteiger partial charge in [-0.05, 0) is 25.7 Å². The molecule has 102 valence electrons. The maximum atomic E-state index is 11.8. The van der Waals surface area contributed by atoms with Crippen LogP contribution in [0.4, 0.5) is 0 Å². The van der Waals surface area contributed by atoms with E-state index >= 15 is 0 Å². The fraction of sp³-hybridized carbons (Fsp3) is 0.929. The molecule has 0 aliphatic carbocycles. The van der Waals surface area contributed by atoms with Gasteiger partial charge in [0.25, 0.3) is 0 Å². The molecule has 0 aromatic carbocycles. The third-order valence-corrected chi connectivity index (χ3v) is 4.48. The quantitative estimate of drug-likeness (QED) is 0.642. The molecule has 17 heavy (non-hydrogen) atoms. The fourth-order valence-electron chi connectivity index (χ4n) is 1.92. The Kier molecular flexibility index (Phi) is 10.8. The maximum Gasteiger partial charge on any atom is 0.230 e. The predicted octanol–water partition coefficient (Wildman–Crippen LogP) is 3.99. The van der Waals surface area contributed by atoms with Crippen LogP contribution in [0.25, 0.3) is 0 Å². The lowest BCUT2D eigenvalue weighted by atomic mass is 10.1. The van der Waals surface area contributed by atoms with Crippen molar-refractivity contribution in [2.24, 2.45) is 0 Å². The summed E-state index contributed by atoms with van der Waals surface area (Å²) in [5.41, 5.74) is 0. The van der Waals surface area contributed by atoms with E-state index in [1.54, 1.807) is 0 Å². The van der Waals surface area contributed by atoms with Gasteiger partial charge in [0.15, 0.2) is 0 Å². The molecule has 2 atom stereocenters. The van der Waals surface area contributed by atoms with Gasteiger partial charge in [0.1, 0.15) is 0 Å². The molecule has 1 N–H and O–H groups in total. The second-order valence-corrected chi connectivity index (χ2v) is 5.88. The van der Waals surface area contributed by atoms with Crippen LogP contribution in [0.1, 0.15) is 66.2 Å². The largest absolute Gasteiger partial charge is 0.353 e. The van der Waals surface area contributed by atoms with E-state index < -0.39 is 0 Å². The highest BCUT2D eigenvalue weighted by atomic mass is 32.2. The summed E-state index contributed by atoms with van der Waals surface area (Å²) < 4.78 is 0. The molecule has 1 amide bonds. The highest BCUT2D eigenvalue weighted by molar-refractivity contribution is 8.00. The summed E-state index contributed by atoms with van der Waals surface area (Å²) in [6.45, 7) is 8.71. The first-order valence-electron chi connectivity index (χ1n) is 7.08. The van der Waals surface area contributed by atoms with Gasteiger partial charge in [0.2, 0.25) is 5.91 Å². The maximum absolute atomic E-state index is 11.8. The normalized spacial score (nSPS) is 14.4. The van der Waals surface area contributed by atoms with Crippen molar-refractivity contribution in [3.8, 4) is 0 Å². The molecule has 0 aromatic rings. The zero-order valence-electron chi connectivity index (χ0n) is 11.9. The molecule has 0 aliphatic heterocycles. The molecule has 2 nitrogen and oxygen atoms in total. The first-order chi connectivity index (χ1) is 8.17. The smallest absolute Gasteiger partial charge is 0.230 e. The van der Waals surface area contributed by atoms with E-state index in [4.69, 9.17) is 0 Å². The van der Waals surface area contributed by atoms with Gasteiger partial charge >= 0.3 is 0 Å². The highest BCUT2D eigenvalue weighted by Gasteiger charge is 2.12. The van der Waals surface area contributed by atoms with E-state index in [2.05, 4.69) is 33.0 Å². The minimum atomic E-state index is 0.213. The van der Waals surface area contributed by atoms with Gasteiger partial charge in [-0.25, -0.2) is 0 Å². The SMILES string of the molecule is CCCC(CC)NC(=O)CSC(CC)CCC. The lowest BCUT2D eigenvalue weighted by Crippen LogP contribution is -2.35. The molecule has 0 heterocycles.